The molecule has 0 atom stereocenters. The molecule has 0 amide bonds. The highest BCUT2D eigenvalue weighted by Crippen LogP contribution is 2.37. The Morgan fingerprint density at radius 1 is 0.305 bits per heavy atom. The molecular formula is C53H33N5S. The number of benzene rings is 8. The van der Waals surface area contributed by atoms with Gasteiger partial charge in [-0.15, -0.1) is 0 Å². The molecule has 0 aliphatic heterocycles. The van der Waals surface area contributed by atoms with Gasteiger partial charge in [-0.2, -0.15) is 8.75 Å². The summed E-state index contributed by atoms with van der Waals surface area (Å²) in [6.45, 7) is 0. The lowest BCUT2D eigenvalue weighted by Crippen LogP contribution is -1.96. The van der Waals surface area contributed by atoms with Crippen LogP contribution in [0, 0.1) is 0 Å². The summed E-state index contributed by atoms with van der Waals surface area (Å²) >= 11 is 1.25. The Kier molecular flexibility index (Phi) is 8.60. The topological polar surface area (TPSA) is 64.5 Å². The van der Waals surface area contributed by atoms with Crippen LogP contribution in [0.2, 0.25) is 0 Å². The second-order valence-electron chi connectivity index (χ2n) is 14.6. The smallest absolute Gasteiger partial charge is 0.160 e. The first-order chi connectivity index (χ1) is 29.2. The summed E-state index contributed by atoms with van der Waals surface area (Å²) in [5.41, 5.74) is 16.5. The minimum atomic E-state index is 0.686. The fourth-order valence-electron chi connectivity index (χ4n) is 7.94. The molecule has 0 radical (unpaired) electrons. The van der Waals surface area contributed by atoms with Gasteiger partial charge in [0.2, 0.25) is 0 Å². The van der Waals surface area contributed by atoms with Crippen molar-refractivity contribution < 1.29 is 0 Å². The Bertz CT molecular complexity index is 3170. The van der Waals surface area contributed by atoms with Crippen molar-refractivity contribution >= 4 is 44.4 Å². The summed E-state index contributed by atoms with van der Waals surface area (Å²) in [4.78, 5) is 15.4. The maximum atomic E-state index is 5.15. The first kappa shape index (κ1) is 34.6. The van der Waals surface area contributed by atoms with E-state index >= 15 is 0 Å². The minimum absolute atomic E-state index is 0.686. The zero-order valence-corrected chi connectivity index (χ0v) is 32.5. The van der Waals surface area contributed by atoms with E-state index in [1.165, 1.54) is 28.4 Å². The molecule has 0 saturated heterocycles. The van der Waals surface area contributed by atoms with Crippen LogP contribution in [-0.4, -0.2) is 23.7 Å². The molecule has 276 valence electrons. The van der Waals surface area contributed by atoms with E-state index in [0.29, 0.717) is 5.82 Å². The molecule has 0 aliphatic rings. The van der Waals surface area contributed by atoms with Gasteiger partial charge in [-0.05, 0) is 57.6 Å². The van der Waals surface area contributed by atoms with Gasteiger partial charge in [0.25, 0.3) is 0 Å². The summed E-state index contributed by atoms with van der Waals surface area (Å²) in [7, 11) is 0. The van der Waals surface area contributed by atoms with Gasteiger partial charge in [-0.1, -0.05) is 176 Å². The summed E-state index contributed by atoms with van der Waals surface area (Å²) in [6.07, 6.45) is 0. The van der Waals surface area contributed by atoms with Gasteiger partial charge >= 0.3 is 0 Å². The molecule has 3 heterocycles. The highest BCUT2D eigenvalue weighted by atomic mass is 32.1. The van der Waals surface area contributed by atoms with Crippen molar-refractivity contribution in [2.24, 2.45) is 0 Å². The number of hydrogen-bond acceptors (Lipinski definition) is 6. The van der Waals surface area contributed by atoms with E-state index < -0.39 is 0 Å². The normalized spacial score (nSPS) is 11.4. The van der Waals surface area contributed by atoms with Gasteiger partial charge in [0, 0.05) is 38.4 Å². The van der Waals surface area contributed by atoms with Crippen LogP contribution < -0.4 is 0 Å². The van der Waals surface area contributed by atoms with Crippen LogP contribution in [0.15, 0.2) is 200 Å². The predicted molar refractivity (Wildman–Crippen MR) is 244 cm³/mol. The van der Waals surface area contributed by atoms with Gasteiger partial charge in [0.15, 0.2) is 5.82 Å². The third kappa shape index (κ3) is 6.52. The average Bonchev–Trinajstić information content (AvgIpc) is 3.82. The van der Waals surface area contributed by atoms with Crippen LogP contribution in [0.3, 0.4) is 0 Å². The Balaban J connectivity index is 0.936. The number of fused-ring (bicyclic) bond motifs is 5. The van der Waals surface area contributed by atoms with Crippen LogP contribution in [0.4, 0.5) is 0 Å². The highest BCUT2D eigenvalue weighted by molar-refractivity contribution is 7.00. The molecule has 5 nitrogen and oxygen atoms in total. The molecule has 0 spiro atoms. The lowest BCUT2D eigenvalue weighted by atomic mass is 9.96. The van der Waals surface area contributed by atoms with Gasteiger partial charge in [-0.3, -0.25) is 0 Å². The summed E-state index contributed by atoms with van der Waals surface area (Å²) in [5.74, 6) is 0.686. The average molecular weight is 772 g/mol. The highest BCUT2D eigenvalue weighted by Gasteiger charge is 2.16. The number of pyridine rings is 1. The van der Waals surface area contributed by atoms with Gasteiger partial charge in [-0.25, -0.2) is 15.0 Å². The number of para-hydroxylation sites is 1. The molecule has 8 aromatic carbocycles. The lowest BCUT2D eigenvalue weighted by Gasteiger charge is -2.12. The van der Waals surface area contributed by atoms with Crippen molar-refractivity contribution in [3.8, 4) is 78.5 Å². The molecular weight excluding hydrogens is 739 g/mol. The summed E-state index contributed by atoms with van der Waals surface area (Å²) in [5, 5.41) is 3.26. The van der Waals surface area contributed by atoms with Crippen LogP contribution in [0.1, 0.15) is 0 Å². The van der Waals surface area contributed by atoms with E-state index in [9.17, 15) is 0 Å². The van der Waals surface area contributed by atoms with Crippen molar-refractivity contribution in [3.63, 3.8) is 0 Å². The predicted octanol–water partition coefficient (Wildman–Crippen LogP) is 13.9. The molecule has 59 heavy (non-hydrogen) atoms. The van der Waals surface area contributed by atoms with Gasteiger partial charge < -0.3 is 0 Å². The van der Waals surface area contributed by atoms with Gasteiger partial charge in [0.05, 0.1) is 34.3 Å². The van der Waals surface area contributed by atoms with E-state index in [0.717, 1.165) is 88.7 Å². The molecule has 0 fully saturated rings. The fraction of sp³-hybridized carbons (Fsp3) is 0. The van der Waals surface area contributed by atoms with Crippen molar-refractivity contribution in [3.05, 3.63) is 200 Å². The molecule has 6 heteroatoms. The fourth-order valence-corrected chi connectivity index (χ4v) is 8.48. The molecule has 0 saturated carbocycles. The van der Waals surface area contributed by atoms with Crippen molar-refractivity contribution in [2.75, 3.05) is 0 Å². The Morgan fingerprint density at radius 3 is 1.32 bits per heavy atom. The van der Waals surface area contributed by atoms with Crippen LogP contribution in [0.5, 0.6) is 0 Å². The van der Waals surface area contributed by atoms with E-state index in [1.54, 1.807) is 0 Å². The first-order valence-electron chi connectivity index (χ1n) is 19.6. The Labute approximate surface area is 345 Å². The van der Waals surface area contributed by atoms with Crippen molar-refractivity contribution in [2.45, 2.75) is 0 Å². The van der Waals surface area contributed by atoms with Gasteiger partial charge in [0.1, 0.15) is 11.0 Å². The number of hydrogen-bond donors (Lipinski definition) is 0. The number of rotatable bonds is 7. The Hall–Kier alpha value is -7.67. The second kappa shape index (κ2) is 14.7. The van der Waals surface area contributed by atoms with Crippen LogP contribution >= 0.6 is 11.7 Å². The maximum absolute atomic E-state index is 5.15. The number of aromatic nitrogens is 5. The van der Waals surface area contributed by atoms with Crippen molar-refractivity contribution in [1.29, 1.82) is 0 Å². The summed E-state index contributed by atoms with van der Waals surface area (Å²) < 4.78 is 9.19. The van der Waals surface area contributed by atoms with Crippen LogP contribution in [0.25, 0.3) is 111 Å². The summed E-state index contributed by atoms with van der Waals surface area (Å²) in [6, 6.07) is 69.9. The third-order valence-electron chi connectivity index (χ3n) is 11.0. The van der Waals surface area contributed by atoms with Crippen molar-refractivity contribution in [1.82, 2.24) is 23.7 Å². The first-order valence-corrected chi connectivity index (χ1v) is 20.3. The molecule has 0 N–H and O–H groups in total. The van der Waals surface area contributed by atoms with E-state index in [2.05, 4.69) is 185 Å². The third-order valence-corrected chi connectivity index (χ3v) is 11.6. The van der Waals surface area contributed by atoms with Crippen LogP contribution in [-0.2, 0) is 0 Å². The monoisotopic (exact) mass is 771 g/mol. The molecule has 0 bridgehead atoms. The zero-order chi connectivity index (χ0) is 39.1. The second-order valence-corrected chi connectivity index (χ2v) is 15.1. The largest absolute Gasteiger partial charge is 0.247 e. The standard InChI is InChI=1S/C53H33N5S/c1-3-9-34(10-4-1)36-15-23-40(24-16-36)48-33-49(56-53(55-48)43-29-21-37(22-30-43)35-11-5-2-6-12-35)41-25-17-38(18-26-41)39-19-27-42(28-20-39)51-45-31-32-47-52(58-59-57-47)50(45)44-13-7-8-14-46(44)54-51/h1-33H. The zero-order valence-electron chi connectivity index (χ0n) is 31.7. The quantitative estimate of drug-likeness (QED) is 0.151. The Morgan fingerprint density at radius 2 is 0.763 bits per heavy atom. The van der Waals surface area contributed by atoms with E-state index in [-0.39, 0.29) is 0 Å². The minimum Gasteiger partial charge on any atom is -0.247 e. The molecule has 0 unspecified atom stereocenters. The molecule has 11 rings (SSSR count). The number of nitrogens with zero attached hydrogens (tertiary/aromatic N) is 5. The molecule has 11 aromatic rings. The maximum Gasteiger partial charge on any atom is 0.160 e. The van der Waals surface area contributed by atoms with E-state index in [4.69, 9.17) is 15.0 Å². The molecule has 3 aromatic heterocycles. The van der Waals surface area contributed by atoms with E-state index in [1.807, 2.05) is 24.3 Å². The lowest BCUT2D eigenvalue weighted by molar-refractivity contribution is 1.18. The SMILES string of the molecule is c1ccc(-c2ccc(-c3cc(-c4ccc(-c5ccc(-c6nc7ccccc7c7c6ccc6nsnc67)cc5)cc4)nc(-c4ccc(-c5ccccc5)cc4)n3)cc2)cc1. The molecule has 0 aliphatic carbocycles.